The number of nitrogens with zero attached hydrogens (tertiary/aromatic N) is 2. The molecule has 0 aliphatic carbocycles. The molecule has 1 aromatic carbocycles. The molecule has 1 rings (SSSR count). The molecule has 7 heteroatoms. The van der Waals surface area contributed by atoms with Gasteiger partial charge >= 0.3 is 5.97 Å². The summed E-state index contributed by atoms with van der Waals surface area (Å²) in [5.74, 6) is -0.412. The molecule has 0 saturated carbocycles. The summed E-state index contributed by atoms with van der Waals surface area (Å²) in [5, 5.41) is 11.4. The summed E-state index contributed by atoms with van der Waals surface area (Å²) in [6.45, 7) is 4.42. The highest BCUT2D eigenvalue weighted by atomic mass is 35.5. The lowest BCUT2D eigenvalue weighted by Gasteiger charge is -2.22. The summed E-state index contributed by atoms with van der Waals surface area (Å²) in [4.78, 5) is 23.8. The van der Waals surface area contributed by atoms with Crippen molar-refractivity contribution >= 4 is 28.9 Å². The maximum absolute atomic E-state index is 11.6. The number of benzene rings is 1. The molecule has 0 aromatic heterocycles. The van der Waals surface area contributed by atoms with E-state index in [4.69, 9.17) is 16.3 Å². The molecule has 0 amide bonds. The lowest BCUT2D eigenvalue weighted by atomic mass is 10.2. The number of ether oxygens (including phenoxy) is 1. The van der Waals surface area contributed by atoms with Crippen LogP contribution >= 0.6 is 11.6 Å². The molecule has 1 aromatic rings. The van der Waals surface area contributed by atoms with Crippen molar-refractivity contribution in [2.24, 2.45) is 0 Å². The van der Waals surface area contributed by atoms with Crippen LogP contribution < -0.4 is 4.90 Å². The van der Waals surface area contributed by atoms with Crippen LogP contribution in [-0.2, 0) is 9.53 Å². The average molecular weight is 301 g/mol. The van der Waals surface area contributed by atoms with Gasteiger partial charge < -0.3 is 9.64 Å². The van der Waals surface area contributed by atoms with E-state index in [0.29, 0.717) is 12.2 Å². The van der Waals surface area contributed by atoms with Gasteiger partial charge in [0, 0.05) is 17.6 Å². The topological polar surface area (TPSA) is 72.7 Å². The SMILES string of the molecule is CCCN(CC(=O)OCC)c1ccc(Cl)cc1[N+](=O)[O-]. The van der Waals surface area contributed by atoms with E-state index < -0.39 is 10.9 Å². The lowest BCUT2D eigenvalue weighted by molar-refractivity contribution is -0.384. The zero-order chi connectivity index (χ0) is 15.1. The van der Waals surface area contributed by atoms with Gasteiger partial charge in [0.1, 0.15) is 12.2 Å². The van der Waals surface area contributed by atoms with Crippen LogP contribution in [0.1, 0.15) is 20.3 Å². The molecule has 0 unspecified atom stereocenters. The van der Waals surface area contributed by atoms with Crippen molar-refractivity contribution in [1.82, 2.24) is 0 Å². The average Bonchev–Trinajstić information content (AvgIpc) is 2.38. The quantitative estimate of drug-likeness (QED) is 0.439. The van der Waals surface area contributed by atoms with E-state index in [1.165, 1.54) is 6.07 Å². The highest BCUT2D eigenvalue weighted by Gasteiger charge is 2.21. The van der Waals surface area contributed by atoms with Crippen LogP contribution in [0.25, 0.3) is 0 Å². The van der Waals surface area contributed by atoms with E-state index in [-0.39, 0.29) is 23.9 Å². The Labute approximate surface area is 122 Å². The molecule has 0 fully saturated rings. The molecule has 0 aliphatic rings. The van der Waals surface area contributed by atoms with Crippen molar-refractivity contribution in [3.8, 4) is 0 Å². The predicted molar refractivity (Wildman–Crippen MR) is 77.2 cm³/mol. The van der Waals surface area contributed by atoms with Gasteiger partial charge in [-0.15, -0.1) is 0 Å². The zero-order valence-electron chi connectivity index (χ0n) is 11.5. The van der Waals surface area contributed by atoms with Gasteiger partial charge in [0.15, 0.2) is 0 Å². The van der Waals surface area contributed by atoms with Crippen molar-refractivity contribution in [3.05, 3.63) is 33.3 Å². The Balaban J connectivity index is 3.07. The van der Waals surface area contributed by atoms with Crippen LogP contribution in [0.5, 0.6) is 0 Å². The third-order valence-corrected chi connectivity index (χ3v) is 2.83. The zero-order valence-corrected chi connectivity index (χ0v) is 12.2. The number of hydrogen-bond acceptors (Lipinski definition) is 5. The first-order valence-electron chi connectivity index (χ1n) is 6.34. The van der Waals surface area contributed by atoms with Crippen LogP contribution in [0.2, 0.25) is 5.02 Å². The Morgan fingerprint density at radius 2 is 2.15 bits per heavy atom. The van der Waals surface area contributed by atoms with Crippen molar-refractivity contribution in [3.63, 3.8) is 0 Å². The minimum absolute atomic E-state index is 0.0237. The van der Waals surface area contributed by atoms with E-state index >= 15 is 0 Å². The number of hydrogen-bond donors (Lipinski definition) is 0. The number of carbonyl (C=O) groups is 1. The number of rotatable bonds is 7. The van der Waals surface area contributed by atoms with Gasteiger partial charge in [-0.05, 0) is 25.5 Å². The number of halogens is 1. The van der Waals surface area contributed by atoms with Crippen LogP contribution in [0, 0.1) is 10.1 Å². The van der Waals surface area contributed by atoms with Crippen LogP contribution in [-0.4, -0.2) is 30.6 Å². The highest BCUT2D eigenvalue weighted by molar-refractivity contribution is 6.30. The Kier molecular flexibility index (Phi) is 6.24. The monoisotopic (exact) mass is 300 g/mol. The number of anilines is 1. The fraction of sp³-hybridized carbons (Fsp3) is 0.462. The Bertz CT molecular complexity index is 493. The molecule has 0 heterocycles. The molecule has 110 valence electrons. The molecular weight excluding hydrogens is 284 g/mol. The van der Waals surface area contributed by atoms with Gasteiger partial charge in [-0.25, -0.2) is 0 Å². The standard InChI is InChI=1S/C13H17ClN2O4/c1-3-7-15(9-13(17)20-4-2)11-6-5-10(14)8-12(11)16(18)19/h5-6,8H,3-4,7,9H2,1-2H3. The van der Waals surface area contributed by atoms with Crippen LogP contribution in [0.15, 0.2) is 18.2 Å². The molecule has 0 aliphatic heterocycles. The maximum Gasteiger partial charge on any atom is 0.325 e. The predicted octanol–water partition coefficient (Wildman–Crippen LogP) is 3.03. The minimum Gasteiger partial charge on any atom is -0.465 e. The van der Waals surface area contributed by atoms with Gasteiger partial charge in [0.25, 0.3) is 5.69 Å². The first-order chi connectivity index (χ1) is 9.49. The Hall–Kier alpha value is -1.82. The van der Waals surface area contributed by atoms with Gasteiger partial charge in [-0.1, -0.05) is 18.5 Å². The van der Waals surface area contributed by atoms with Crippen molar-refractivity contribution in [2.45, 2.75) is 20.3 Å². The molecule has 20 heavy (non-hydrogen) atoms. The van der Waals surface area contributed by atoms with Gasteiger partial charge in [-0.3, -0.25) is 14.9 Å². The molecule has 0 atom stereocenters. The lowest BCUT2D eigenvalue weighted by Crippen LogP contribution is -2.32. The number of nitro benzene ring substituents is 1. The van der Waals surface area contributed by atoms with Crippen molar-refractivity contribution in [2.75, 3.05) is 24.6 Å². The van der Waals surface area contributed by atoms with Gasteiger partial charge in [0.2, 0.25) is 0 Å². The van der Waals surface area contributed by atoms with E-state index in [9.17, 15) is 14.9 Å². The number of nitro groups is 1. The molecule has 0 N–H and O–H groups in total. The third-order valence-electron chi connectivity index (χ3n) is 2.59. The molecule has 0 spiro atoms. The molecule has 6 nitrogen and oxygen atoms in total. The summed E-state index contributed by atoms with van der Waals surface area (Å²) in [5.41, 5.74) is 0.254. The fourth-order valence-corrected chi connectivity index (χ4v) is 1.99. The first-order valence-corrected chi connectivity index (χ1v) is 6.71. The fourth-order valence-electron chi connectivity index (χ4n) is 1.83. The molecule has 0 radical (unpaired) electrons. The van der Waals surface area contributed by atoms with Crippen molar-refractivity contribution < 1.29 is 14.5 Å². The summed E-state index contributed by atoms with van der Waals surface area (Å²) in [7, 11) is 0. The third kappa shape index (κ3) is 4.38. The van der Waals surface area contributed by atoms with E-state index in [1.807, 2.05) is 6.92 Å². The van der Waals surface area contributed by atoms with E-state index in [0.717, 1.165) is 6.42 Å². The molecule has 0 saturated heterocycles. The second-order valence-electron chi connectivity index (χ2n) is 4.12. The maximum atomic E-state index is 11.6. The second kappa shape index (κ2) is 7.69. The summed E-state index contributed by atoms with van der Waals surface area (Å²) < 4.78 is 4.89. The van der Waals surface area contributed by atoms with E-state index in [2.05, 4.69) is 0 Å². The number of carbonyl (C=O) groups excluding carboxylic acids is 1. The van der Waals surface area contributed by atoms with Crippen molar-refractivity contribution in [1.29, 1.82) is 0 Å². The largest absolute Gasteiger partial charge is 0.465 e. The van der Waals surface area contributed by atoms with Gasteiger partial charge in [-0.2, -0.15) is 0 Å². The summed E-state index contributed by atoms with van der Waals surface area (Å²) in [6, 6.07) is 4.40. The van der Waals surface area contributed by atoms with Gasteiger partial charge in [0.05, 0.1) is 11.5 Å². The molecular formula is C13H17ClN2O4. The Morgan fingerprint density at radius 1 is 1.45 bits per heavy atom. The van der Waals surface area contributed by atoms with E-state index in [1.54, 1.807) is 24.0 Å². The first kappa shape index (κ1) is 16.2. The minimum atomic E-state index is -0.505. The van der Waals surface area contributed by atoms with Crippen LogP contribution in [0.4, 0.5) is 11.4 Å². The second-order valence-corrected chi connectivity index (χ2v) is 4.55. The summed E-state index contributed by atoms with van der Waals surface area (Å²) >= 11 is 5.78. The summed E-state index contributed by atoms with van der Waals surface area (Å²) in [6.07, 6.45) is 0.749. The Morgan fingerprint density at radius 3 is 2.70 bits per heavy atom. The normalized spacial score (nSPS) is 10.2. The number of esters is 1. The highest BCUT2D eigenvalue weighted by Crippen LogP contribution is 2.31. The smallest absolute Gasteiger partial charge is 0.325 e. The molecule has 0 bridgehead atoms. The van der Waals surface area contributed by atoms with Crippen LogP contribution in [0.3, 0.4) is 0 Å².